The average molecular weight is 279 g/mol. The minimum atomic E-state index is -1.29. The molecule has 1 rings (SSSR count). The van der Waals surface area contributed by atoms with Gasteiger partial charge in [0.25, 0.3) is 0 Å². The smallest absolute Gasteiger partial charge is 0.405 e. The zero-order valence-corrected chi connectivity index (χ0v) is 11.1. The highest BCUT2D eigenvalue weighted by atomic mass is 16.4. The molecule has 7 nitrogen and oxygen atoms in total. The van der Waals surface area contributed by atoms with Crippen molar-refractivity contribution in [1.29, 1.82) is 0 Å². The summed E-state index contributed by atoms with van der Waals surface area (Å²) >= 11 is 0. The molecule has 4 N–H and O–H groups in total. The van der Waals surface area contributed by atoms with Crippen molar-refractivity contribution < 1.29 is 19.5 Å². The largest absolute Gasteiger partial charge is 0.465 e. The number of rotatable bonds is 6. The van der Waals surface area contributed by atoms with E-state index in [0.29, 0.717) is 6.54 Å². The molecule has 0 radical (unpaired) electrons. The maximum atomic E-state index is 11.5. The van der Waals surface area contributed by atoms with Crippen molar-refractivity contribution in [1.82, 2.24) is 16.0 Å². The summed E-state index contributed by atoms with van der Waals surface area (Å²) in [6.07, 6.45) is -1.29. The first-order valence-corrected chi connectivity index (χ1v) is 6.07. The Hall–Kier alpha value is -2.57. The summed E-state index contributed by atoms with van der Waals surface area (Å²) in [5.41, 5.74) is 0.952. The monoisotopic (exact) mass is 279 g/mol. The molecule has 20 heavy (non-hydrogen) atoms. The zero-order chi connectivity index (χ0) is 15.0. The van der Waals surface area contributed by atoms with Crippen LogP contribution in [0.4, 0.5) is 4.79 Å². The lowest BCUT2D eigenvalue weighted by Gasteiger charge is -2.12. The quantitative estimate of drug-likeness (QED) is 0.591. The predicted octanol–water partition coefficient (Wildman–Crippen LogP) is 0.0751. The van der Waals surface area contributed by atoms with Crippen molar-refractivity contribution in [2.45, 2.75) is 19.5 Å². The summed E-state index contributed by atoms with van der Waals surface area (Å²) < 4.78 is 0. The number of carbonyl (C=O) groups excluding carboxylic acids is 2. The molecule has 108 valence electrons. The molecule has 1 aromatic carbocycles. The molecule has 7 heteroatoms. The van der Waals surface area contributed by atoms with Crippen LogP contribution < -0.4 is 16.0 Å². The van der Waals surface area contributed by atoms with Gasteiger partial charge in [-0.3, -0.25) is 9.59 Å². The van der Waals surface area contributed by atoms with Crippen LogP contribution in [0.1, 0.15) is 12.5 Å². The van der Waals surface area contributed by atoms with Crippen molar-refractivity contribution in [3.8, 4) is 0 Å². The fourth-order valence-corrected chi connectivity index (χ4v) is 1.43. The molecule has 0 spiro atoms. The van der Waals surface area contributed by atoms with Gasteiger partial charge in [-0.25, -0.2) is 4.79 Å². The topological polar surface area (TPSA) is 108 Å². The zero-order valence-electron chi connectivity index (χ0n) is 11.1. The van der Waals surface area contributed by atoms with E-state index in [9.17, 15) is 14.4 Å². The summed E-state index contributed by atoms with van der Waals surface area (Å²) in [4.78, 5) is 33.3. The van der Waals surface area contributed by atoms with Gasteiger partial charge < -0.3 is 21.1 Å². The van der Waals surface area contributed by atoms with Crippen molar-refractivity contribution >= 4 is 17.9 Å². The Morgan fingerprint density at radius 2 is 1.80 bits per heavy atom. The second-order valence-electron chi connectivity index (χ2n) is 4.15. The summed E-state index contributed by atoms with van der Waals surface area (Å²) in [5.74, 6) is -0.896. The van der Waals surface area contributed by atoms with Crippen LogP contribution in [0.15, 0.2) is 30.3 Å². The first-order valence-electron chi connectivity index (χ1n) is 6.07. The first kappa shape index (κ1) is 15.5. The van der Waals surface area contributed by atoms with Gasteiger partial charge in [0.2, 0.25) is 11.8 Å². The van der Waals surface area contributed by atoms with Crippen LogP contribution in [0, 0.1) is 0 Å². The van der Waals surface area contributed by atoms with E-state index < -0.39 is 18.0 Å². The van der Waals surface area contributed by atoms with Gasteiger partial charge in [-0.05, 0) is 12.5 Å². The fraction of sp³-hybridized carbons (Fsp3) is 0.308. The van der Waals surface area contributed by atoms with Gasteiger partial charge in [0.1, 0.15) is 6.04 Å². The Morgan fingerprint density at radius 1 is 1.15 bits per heavy atom. The molecule has 0 aliphatic carbocycles. The Labute approximate surface area is 116 Å². The molecule has 0 aliphatic heterocycles. The van der Waals surface area contributed by atoms with Crippen LogP contribution in [0.25, 0.3) is 0 Å². The number of nitrogens with one attached hydrogen (secondary N) is 3. The highest BCUT2D eigenvalue weighted by Gasteiger charge is 2.15. The van der Waals surface area contributed by atoms with Crippen molar-refractivity contribution in [2.24, 2.45) is 0 Å². The molecule has 0 heterocycles. The van der Waals surface area contributed by atoms with E-state index in [4.69, 9.17) is 5.11 Å². The van der Waals surface area contributed by atoms with Crippen LogP contribution in [-0.4, -0.2) is 35.6 Å². The number of hydrogen-bond donors (Lipinski definition) is 4. The van der Waals surface area contributed by atoms with Gasteiger partial charge >= 0.3 is 6.09 Å². The Morgan fingerprint density at radius 3 is 2.40 bits per heavy atom. The minimum Gasteiger partial charge on any atom is -0.465 e. The lowest BCUT2D eigenvalue weighted by atomic mass is 10.2. The second-order valence-corrected chi connectivity index (χ2v) is 4.15. The lowest BCUT2D eigenvalue weighted by Crippen LogP contribution is -2.47. The van der Waals surface area contributed by atoms with Crippen LogP contribution in [0.5, 0.6) is 0 Å². The SMILES string of the molecule is CC(NC(=O)O)C(=O)NCC(=O)NCc1ccccc1. The summed E-state index contributed by atoms with van der Waals surface area (Å²) in [6, 6.07) is 8.44. The Kier molecular flexibility index (Phi) is 6.02. The van der Waals surface area contributed by atoms with Gasteiger partial charge in [0.05, 0.1) is 6.54 Å². The summed E-state index contributed by atoms with van der Waals surface area (Å²) in [6.45, 7) is 1.57. The number of carbonyl (C=O) groups is 3. The fourth-order valence-electron chi connectivity index (χ4n) is 1.43. The molecule has 0 aliphatic rings. The van der Waals surface area contributed by atoms with E-state index in [0.717, 1.165) is 5.56 Å². The second kappa shape index (κ2) is 7.78. The Bertz CT molecular complexity index is 476. The molecule has 1 atom stereocenters. The maximum absolute atomic E-state index is 11.5. The number of carboxylic acid groups (broad SMARTS) is 1. The maximum Gasteiger partial charge on any atom is 0.405 e. The van der Waals surface area contributed by atoms with Crippen molar-refractivity contribution in [3.63, 3.8) is 0 Å². The molecule has 0 saturated carbocycles. The normalized spacial score (nSPS) is 11.2. The summed E-state index contributed by atoms with van der Waals surface area (Å²) in [5, 5.41) is 15.4. The average Bonchev–Trinajstić information content (AvgIpc) is 2.42. The van der Waals surface area contributed by atoms with Crippen molar-refractivity contribution in [2.75, 3.05) is 6.54 Å². The van der Waals surface area contributed by atoms with Crippen LogP contribution in [-0.2, 0) is 16.1 Å². The molecule has 0 aromatic heterocycles. The predicted molar refractivity (Wildman–Crippen MR) is 71.9 cm³/mol. The first-order chi connectivity index (χ1) is 9.49. The molecule has 3 amide bonds. The third-order valence-electron chi connectivity index (χ3n) is 2.49. The third-order valence-corrected chi connectivity index (χ3v) is 2.49. The highest BCUT2D eigenvalue weighted by Crippen LogP contribution is 1.96. The third kappa shape index (κ3) is 5.85. The molecule has 0 bridgehead atoms. The van der Waals surface area contributed by atoms with Gasteiger partial charge in [-0.1, -0.05) is 30.3 Å². The molecule has 0 saturated heterocycles. The lowest BCUT2D eigenvalue weighted by molar-refractivity contribution is -0.127. The molecular formula is C13H17N3O4. The number of amides is 3. The van der Waals surface area contributed by atoms with E-state index in [1.807, 2.05) is 35.6 Å². The molecule has 1 aromatic rings. The van der Waals surface area contributed by atoms with E-state index in [-0.39, 0.29) is 12.5 Å². The molecule has 0 fully saturated rings. The summed E-state index contributed by atoms with van der Waals surface area (Å²) in [7, 11) is 0. The van der Waals surface area contributed by atoms with Gasteiger partial charge in [0, 0.05) is 6.54 Å². The van der Waals surface area contributed by atoms with Crippen LogP contribution in [0.2, 0.25) is 0 Å². The van der Waals surface area contributed by atoms with E-state index in [1.165, 1.54) is 6.92 Å². The highest BCUT2D eigenvalue weighted by molar-refractivity contribution is 5.88. The Balaban J connectivity index is 2.26. The number of benzene rings is 1. The molecule has 1 unspecified atom stereocenters. The van der Waals surface area contributed by atoms with Crippen LogP contribution >= 0.6 is 0 Å². The standard InChI is InChI=1S/C13H17N3O4/c1-9(16-13(19)20)12(18)15-8-11(17)14-7-10-5-3-2-4-6-10/h2-6,9,16H,7-8H2,1H3,(H,14,17)(H,15,18)(H,19,20). The van der Waals surface area contributed by atoms with E-state index >= 15 is 0 Å². The molecular weight excluding hydrogens is 262 g/mol. The van der Waals surface area contributed by atoms with Gasteiger partial charge in [-0.15, -0.1) is 0 Å². The van der Waals surface area contributed by atoms with Gasteiger partial charge in [0.15, 0.2) is 0 Å². The van der Waals surface area contributed by atoms with E-state index in [1.54, 1.807) is 0 Å². The van der Waals surface area contributed by atoms with Gasteiger partial charge in [-0.2, -0.15) is 0 Å². The van der Waals surface area contributed by atoms with E-state index in [2.05, 4.69) is 10.6 Å². The van der Waals surface area contributed by atoms with Crippen LogP contribution in [0.3, 0.4) is 0 Å². The van der Waals surface area contributed by atoms with Crippen molar-refractivity contribution in [3.05, 3.63) is 35.9 Å². The number of hydrogen-bond acceptors (Lipinski definition) is 3. The minimum absolute atomic E-state index is 0.197.